The number of H-pyrrole nitrogens is 1. The van der Waals surface area contributed by atoms with Crippen LogP contribution in [0.3, 0.4) is 0 Å². The summed E-state index contributed by atoms with van der Waals surface area (Å²) >= 11 is 0. The van der Waals surface area contributed by atoms with Crippen molar-refractivity contribution in [1.29, 1.82) is 0 Å². The molecule has 0 fully saturated rings. The highest BCUT2D eigenvalue weighted by Crippen LogP contribution is 2.09. The Bertz CT molecular complexity index is 236. The molecule has 0 saturated carbocycles. The Labute approximate surface area is 84.7 Å². The van der Waals surface area contributed by atoms with E-state index in [1.165, 1.54) is 0 Å². The van der Waals surface area contributed by atoms with Crippen LogP contribution in [-0.2, 0) is 0 Å². The van der Waals surface area contributed by atoms with Gasteiger partial charge in [0.2, 0.25) is 0 Å². The molecule has 3 N–H and O–H groups in total. The smallest absolute Gasteiger partial charge is 0.0518 e. The minimum absolute atomic E-state index is 0.268. The lowest BCUT2D eigenvalue weighted by Gasteiger charge is -2.18. The number of hydrogen-bond donors (Lipinski definition) is 3. The Balaban J connectivity index is 2.29. The molecule has 0 amide bonds. The Morgan fingerprint density at radius 2 is 2.36 bits per heavy atom. The summed E-state index contributed by atoms with van der Waals surface area (Å²) in [5.74, 6) is 0. The van der Waals surface area contributed by atoms with Crippen LogP contribution in [0.2, 0.25) is 0 Å². The van der Waals surface area contributed by atoms with Gasteiger partial charge >= 0.3 is 0 Å². The highest BCUT2D eigenvalue weighted by molar-refractivity contribution is 5.03. The van der Waals surface area contributed by atoms with Crippen LogP contribution in [0, 0.1) is 0 Å². The molecule has 4 heteroatoms. The van der Waals surface area contributed by atoms with Crippen LogP contribution >= 0.6 is 0 Å². The van der Waals surface area contributed by atoms with Crippen LogP contribution in [0.1, 0.15) is 38.4 Å². The molecule has 1 aromatic heterocycles. The van der Waals surface area contributed by atoms with Crippen LogP contribution in [0.15, 0.2) is 12.3 Å². The van der Waals surface area contributed by atoms with Crippen molar-refractivity contribution in [3.8, 4) is 0 Å². The van der Waals surface area contributed by atoms with Gasteiger partial charge in [0.05, 0.1) is 5.69 Å². The number of aliphatic hydroxyl groups excluding tert-OH is 1. The second-order valence-corrected chi connectivity index (χ2v) is 3.67. The number of nitrogens with one attached hydrogen (secondary N) is 2. The van der Waals surface area contributed by atoms with Gasteiger partial charge in [0.25, 0.3) is 0 Å². The van der Waals surface area contributed by atoms with Crippen molar-refractivity contribution < 1.29 is 5.11 Å². The molecule has 0 bridgehead atoms. The normalized spacial score (nSPS) is 15.4. The predicted molar refractivity (Wildman–Crippen MR) is 55.9 cm³/mol. The summed E-state index contributed by atoms with van der Waals surface area (Å²) < 4.78 is 0. The topological polar surface area (TPSA) is 60.9 Å². The molecule has 14 heavy (non-hydrogen) atoms. The molecule has 0 spiro atoms. The zero-order chi connectivity index (χ0) is 10.4. The lowest BCUT2D eigenvalue weighted by molar-refractivity contribution is 0.274. The summed E-state index contributed by atoms with van der Waals surface area (Å²) in [5, 5.41) is 19.0. The first kappa shape index (κ1) is 11.2. The molecule has 0 saturated heterocycles. The molecule has 80 valence electrons. The molecular formula is C10H19N3O. The SMILES string of the molecule is CC(CCCO)NC(C)c1ccn[nH]1. The van der Waals surface area contributed by atoms with E-state index < -0.39 is 0 Å². The third-order valence-electron chi connectivity index (χ3n) is 2.32. The number of aliphatic hydroxyl groups is 1. The Morgan fingerprint density at radius 3 is 2.93 bits per heavy atom. The van der Waals surface area contributed by atoms with Crippen LogP contribution in [0.25, 0.3) is 0 Å². The number of hydrogen-bond acceptors (Lipinski definition) is 3. The van der Waals surface area contributed by atoms with Gasteiger partial charge in [0, 0.05) is 24.9 Å². The zero-order valence-electron chi connectivity index (χ0n) is 8.83. The van der Waals surface area contributed by atoms with E-state index >= 15 is 0 Å². The molecular weight excluding hydrogens is 178 g/mol. The number of aromatic amines is 1. The maximum Gasteiger partial charge on any atom is 0.0518 e. The molecule has 0 aliphatic heterocycles. The van der Waals surface area contributed by atoms with Gasteiger partial charge in [-0.2, -0.15) is 5.10 Å². The van der Waals surface area contributed by atoms with E-state index in [1.807, 2.05) is 6.07 Å². The van der Waals surface area contributed by atoms with Gasteiger partial charge in [-0.15, -0.1) is 0 Å². The Morgan fingerprint density at radius 1 is 1.57 bits per heavy atom. The summed E-state index contributed by atoms with van der Waals surface area (Å²) in [4.78, 5) is 0. The standard InChI is InChI=1S/C10H19N3O/c1-8(4-3-7-14)12-9(2)10-5-6-11-13-10/h5-6,8-9,12,14H,3-4,7H2,1-2H3,(H,11,13). The monoisotopic (exact) mass is 197 g/mol. The fourth-order valence-corrected chi connectivity index (χ4v) is 1.51. The summed E-state index contributed by atoms with van der Waals surface area (Å²) in [6.07, 6.45) is 3.60. The van der Waals surface area contributed by atoms with Gasteiger partial charge < -0.3 is 10.4 Å². The van der Waals surface area contributed by atoms with Gasteiger partial charge in [0.15, 0.2) is 0 Å². The number of rotatable bonds is 6. The average molecular weight is 197 g/mol. The number of aromatic nitrogens is 2. The highest BCUT2D eigenvalue weighted by Gasteiger charge is 2.09. The zero-order valence-corrected chi connectivity index (χ0v) is 8.83. The molecule has 0 aliphatic carbocycles. The molecule has 0 radical (unpaired) electrons. The first-order chi connectivity index (χ1) is 6.74. The van der Waals surface area contributed by atoms with Crippen molar-refractivity contribution >= 4 is 0 Å². The van der Waals surface area contributed by atoms with Crippen molar-refractivity contribution in [3.63, 3.8) is 0 Å². The molecule has 0 aromatic carbocycles. The first-order valence-electron chi connectivity index (χ1n) is 5.10. The third kappa shape index (κ3) is 3.47. The lowest BCUT2D eigenvalue weighted by atomic mass is 10.1. The fourth-order valence-electron chi connectivity index (χ4n) is 1.51. The predicted octanol–water partition coefficient (Wildman–Crippen LogP) is 1.22. The third-order valence-corrected chi connectivity index (χ3v) is 2.32. The lowest BCUT2D eigenvalue weighted by Crippen LogP contribution is -2.29. The van der Waals surface area contributed by atoms with Gasteiger partial charge in [0.1, 0.15) is 0 Å². The van der Waals surface area contributed by atoms with E-state index in [2.05, 4.69) is 29.4 Å². The molecule has 1 aromatic rings. The summed E-state index contributed by atoms with van der Waals surface area (Å²) in [6.45, 7) is 4.50. The van der Waals surface area contributed by atoms with Crippen molar-refractivity contribution in [2.75, 3.05) is 6.61 Å². The van der Waals surface area contributed by atoms with E-state index in [1.54, 1.807) is 6.20 Å². The summed E-state index contributed by atoms with van der Waals surface area (Å²) in [6, 6.07) is 2.67. The molecule has 2 atom stereocenters. The van der Waals surface area contributed by atoms with E-state index in [4.69, 9.17) is 5.11 Å². The molecule has 0 aliphatic rings. The van der Waals surface area contributed by atoms with Gasteiger partial charge in [-0.1, -0.05) is 0 Å². The van der Waals surface area contributed by atoms with Crippen molar-refractivity contribution in [2.24, 2.45) is 0 Å². The van der Waals surface area contributed by atoms with Crippen LogP contribution < -0.4 is 5.32 Å². The second-order valence-electron chi connectivity index (χ2n) is 3.67. The van der Waals surface area contributed by atoms with E-state index in [-0.39, 0.29) is 12.6 Å². The van der Waals surface area contributed by atoms with Crippen molar-refractivity contribution in [3.05, 3.63) is 18.0 Å². The number of nitrogens with zero attached hydrogens (tertiary/aromatic N) is 1. The maximum atomic E-state index is 8.69. The minimum Gasteiger partial charge on any atom is -0.396 e. The van der Waals surface area contributed by atoms with E-state index in [0.717, 1.165) is 18.5 Å². The van der Waals surface area contributed by atoms with Crippen LogP contribution in [0.5, 0.6) is 0 Å². The van der Waals surface area contributed by atoms with Crippen LogP contribution in [-0.4, -0.2) is 28.0 Å². The van der Waals surface area contributed by atoms with Crippen molar-refractivity contribution in [1.82, 2.24) is 15.5 Å². The highest BCUT2D eigenvalue weighted by atomic mass is 16.2. The molecule has 1 rings (SSSR count). The largest absolute Gasteiger partial charge is 0.396 e. The minimum atomic E-state index is 0.268. The quantitative estimate of drug-likeness (QED) is 0.642. The molecule has 2 unspecified atom stereocenters. The van der Waals surface area contributed by atoms with E-state index in [0.29, 0.717) is 6.04 Å². The van der Waals surface area contributed by atoms with Crippen LogP contribution in [0.4, 0.5) is 0 Å². The van der Waals surface area contributed by atoms with E-state index in [9.17, 15) is 0 Å². The Kier molecular flexibility index (Phi) is 4.62. The molecule has 1 heterocycles. The Hall–Kier alpha value is -0.870. The van der Waals surface area contributed by atoms with Gasteiger partial charge in [-0.05, 0) is 32.8 Å². The van der Waals surface area contributed by atoms with Gasteiger partial charge in [-0.25, -0.2) is 0 Å². The average Bonchev–Trinajstić information content (AvgIpc) is 2.67. The summed E-state index contributed by atoms with van der Waals surface area (Å²) in [7, 11) is 0. The molecule has 4 nitrogen and oxygen atoms in total. The summed E-state index contributed by atoms with van der Waals surface area (Å²) in [5.41, 5.74) is 1.10. The van der Waals surface area contributed by atoms with Crippen molar-refractivity contribution in [2.45, 2.75) is 38.8 Å². The second kappa shape index (κ2) is 5.78. The first-order valence-corrected chi connectivity index (χ1v) is 5.10. The maximum absolute atomic E-state index is 8.69. The van der Waals surface area contributed by atoms with Gasteiger partial charge in [-0.3, -0.25) is 5.10 Å². The fraction of sp³-hybridized carbons (Fsp3) is 0.700.